The summed E-state index contributed by atoms with van der Waals surface area (Å²) in [6.07, 6.45) is 0. The zero-order chi connectivity index (χ0) is 19.0. The third kappa shape index (κ3) is 2.94. The molecule has 4 rings (SSSR count). The molecular weight excluding hydrogens is 408 g/mol. The van der Waals surface area contributed by atoms with Crippen LogP contribution in [0, 0.1) is 5.21 Å². The van der Waals surface area contributed by atoms with E-state index < -0.39 is 11.8 Å². The molecule has 1 aliphatic rings. The molecule has 1 heterocycles. The van der Waals surface area contributed by atoms with Crippen LogP contribution in [0.3, 0.4) is 0 Å². The molecule has 3 aromatic carbocycles. The molecule has 0 aliphatic carbocycles. The van der Waals surface area contributed by atoms with Crippen molar-refractivity contribution in [1.29, 1.82) is 0 Å². The molecule has 3 aromatic rings. The third-order valence-corrected chi connectivity index (χ3v) is 4.82. The van der Waals surface area contributed by atoms with Gasteiger partial charge in [-0.1, -0.05) is 46.3 Å². The first-order valence-electron chi connectivity index (χ1n) is 8.21. The lowest BCUT2D eigenvalue weighted by Gasteiger charge is -2.18. The van der Waals surface area contributed by atoms with Gasteiger partial charge in [0.2, 0.25) is 0 Å². The maximum atomic E-state index is 13.2. The molecule has 132 valence electrons. The van der Waals surface area contributed by atoms with E-state index in [2.05, 4.69) is 15.9 Å². The summed E-state index contributed by atoms with van der Waals surface area (Å²) in [5.74, 6) is -1.05. The maximum Gasteiger partial charge on any atom is 0.349 e. The molecule has 0 radical (unpaired) electrons. The van der Waals surface area contributed by atoms with Gasteiger partial charge >= 0.3 is 17.6 Å². The van der Waals surface area contributed by atoms with Crippen LogP contribution in [0.25, 0.3) is 0 Å². The van der Waals surface area contributed by atoms with Crippen molar-refractivity contribution >= 4 is 39.3 Å². The first-order valence-corrected chi connectivity index (χ1v) is 9.00. The molecule has 0 atom stereocenters. The fourth-order valence-corrected chi connectivity index (χ4v) is 3.27. The van der Waals surface area contributed by atoms with Crippen molar-refractivity contribution in [3.05, 3.63) is 105 Å². The van der Waals surface area contributed by atoms with Crippen LogP contribution in [-0.4, -0.2) is 27.3 Å². The predicted molar refractivity (Wildman–Crippen MR) is 105 cm³/mol. The minimum atomic E-state index is -0.509. The van der Waals surface area contributed by atoms with Crippen LogP contribution in [0.5, 0.6) is 0 Å². The Morgan fingerprint density at radius 1 is 0.778 bits per heavy atom. The highest BCUT2D eigenvalue weighted by atomic mass is 79.9. The quantitative estimate of drug-likeness (QED) is 0.155. The molecule has 27 heavy (non-hydrogen) atoms. The normalized spacial score (nSPS) is 14.2. The third-order valence-electron chi connectivity index (χ3n) is 4.29. The van der Waals surface area contributed by atoms with Crippen LogP contribution < -0.4 is 0 Å². The Balaban J connectivity index is 1.94. The highest BCUT2D eigenvalue weighted by Gasteiger charge is 2.46. The fraction of sp³-hybridized carbons (Fsp3) is 0. The summed E-state index contributed by atoms with van der Waals surface area (Å²) in [6.45, 7) is 0. The van der Waals surface area contributed by atoms with E-state index in [4.69, 9.17) is 0 Å². The number of amidine groups is 1. The summed E-state index contributed by atoms with van der Waals surface area (Å²) in [5, 5.41) is 13.2. The zero-order valence-corrected chi connectivity index (χ0v) is 15.6. The number of hydrogen-bond donors (Lipinski definition) is 0. The summed E-state index contributed by atoms with van der Waals surface area (Å²) in [6, 6.07) is 22.0. The van der Waals surface area contributed by atoms with Crippen molar-refractivity contribution in [3.8, 4) is 0 Å². The molecule has 5 nitrogen and oxygen atoms in total. The highest BCUT2D eigenvalue weighted by molar-refractivity contribution is 9.10. The van der Waals surface area contributed by atoms with E-state index in [1.165, 1.54) is 0 Å². The second kappa shape index (κ2) is 6.81. The number of hydrogen-bond acceptors (Lipinski definition) is 3. The summed E-state index contributed by atoms with van der Waals surface area (Å²) in [7, 11) is 0. The number of benzene rings is 3. The van der Waals surface area contributed by atoms with E-state index in [1.54, 1.807) is 78.9 Å². The Morgan fingerprint density at radius 2 is 1.30 bits per heavy atom. The molecule has 0 fully saturated rings. The van der Waals surface area contributed by atoms with Gasteiger partial charge in [-0.3, -0.25) is 0 Å². The second-order valence-corrected chi connectivity index (χ2v) is 6.87. The van der Waals surface area contributed by atoms with Gasteiger partial charge in [-0.25, -0.2) is 14.3 Å². The predicted octanol–water partition coefficient (Wildman–Crippen LogP) is 4.33. The summed E-state index contributed by atoms with van der Waals surface area (Å²) in [4.78, 5) is 26.8. The number of carbonyl (C=O) groups is 2. The number of rotatable bonds is 2. The van der Waals surface area contributed by atoms with E-state index in [1.807, 2.05) is 0 Å². The Morgan fingerprint density at radius 3 is 1.85 bits per heavy atom. The van der Waals surface area contributed by atoms with Crippen molar-refractivity contribution in [1.82, 2.24) is 4.90 Å². The number of imide groups is 1. The van der Waals surface area contributed by atoms with Crippen molar-refractivity contribution in [2.45, 2.75) is 0 Å². The summed E-state index contributed by atoms with van der Waals surface area (Å²) in [5.41, 5.74) is 1.37. The fourth-order valence-electron chi connectivity index (χ4n) is 3.00. The number of carbonyl (C=O) groups excluding carboxylic acids is 2. The minimum absolute atomic E-state index is 0.0279. The molecule has 6 heteroatoms. The van der Waals surface area contributed by atoms with Gasteiger partial charge in [0.15, 0.2) is 0 Å². The van der Waals surface area contributed by atoms with Gasteiger partial charge < -0.3 is 5.21 Å². The lowest BCUT2D eigenvalue weighted by Crippen LogP contribution is -2.40. The van der Waals surface area contributed by atoms with Gasteiger partial charge in [-0.15, -0.1) is 4.90 Å². The molecule has 2 amide bonds. The van der Waals surface area contributed by atoms with E-state index in [9.17, 15) is 14.8 Å². The number of nitrogens with zero attached hydrogens (tertiary/aromatic N) is 2. The average molecular weight is 421 g/mol. The first kappa shape index (κ1) is 17.2. The maximum absolute atomic E-state index is 13.2. The van der Waals surface area contributed by atoms with Crippen LogP contribution >= 0.6 is 15.9 Å². The number of para-hydroxylation sites is 1. The first-order chi connectivity index (χ1) is 13.1. The molecule has 0 aromatic heterocycles. The molecule has 0 unspecified atom stereocenters. The van der Waals surface area contributed by atoms with Crippen LogP contribution in [0.4, 0.5) is 5.69 Å². The molecule has 1 aliphatic heterocycles. The Kier molecular flexibility index (Phi) is 4.33. The number of halogens is 1. The smallest absolute Gasteiger partial charge is 0.349 e. The topological polar surface area (TPSA) is 63.5 Å². The zero-order valence-electron chi connectivity index (χ0n) is 14.0. The van der Waals surface area contributed by atoms with E-state index in [0.717, 1.165) is 9.37 Å². The van der Waals surface area contributed by atoms with Gasteiger partial charge in [0, 0.05) is 4.47 Å². The van der Waals surface area contributed by atoms with Crippen molar-refractivity contribution in [2.24, 2.45) is 0 Å². The van der Waals surface area contributed by atoms with Gasteiger partial charge in [0.25, 0.3) is 0 Å². The van der Waals surface area contributed by atoms with Crippen molar-refractivity contribution < 1.29 is 14.3 Å². The Hall–Kier alpha value is -3.25. The van der Waals surface area contributed by atoms with Gasteiger partial charge in [-0.2, -0.15) is 0 Å². The lowest BCUT2D eigenvalue weighted by molar-refractivity contribution is -0.365. The summed E-state index contributed by atoms with van der Waals surface area (Å²) < 4.78 is 1.44. The standard InChI is InChI=1S/C21H13BrN2O3/c22-15-12-10-14(11-13-15)19(24(27)16-6-2-1-3-7-16)23-20(25)17-8-4-5-9-18(17)21(23)26/h1-13H/b24-19-. The molecule has 0 N–H and O–H groups in total. The monoisotopic (exact) mass is 420 g/mol. The van der Waals surface area contributed by atoms with E-state index >= 15 is 0 Å². The Bertz CT molecular complexity index is 1040. The van der Waals surface area contributed by atoms with Crippen molar-refractivity contribution in [3.63, 3.8) is 0 Å². The minimum Gasteiger partial charge on any atom is -0.710 e. The molecule has 0 spiro atoms. The number of fused-ring (bicyclic) bond motifs is 1. The molecule has 0 bridgehead atoms. The van der Waals surface area contributed by atoms with Crippen molar-refractivity contribution in [2.75, 3.05) is 0 Å². The SMILES string of the molecule is O=C1c2ccccc2C(=O)N1/C(c1ccc(Br)cc1)=[N+](\[O-])c1ccccc1. The average Bonchev–Trinajstić information content (AvgIpc) is 2.96. The largest absolute Gasteiger partial charge is 0.710 e. The number of amides is 2. The summed E-state index contributed by atoms with van der Waals surface area (Å²) >= 11 is 3.36. The molecule has 0 saturated heterocycles. The molecule has 0 saturated carbocycles. The Labute approximate surface area is 163 Å². The van der Waals surface area contributed by atoms with Gasteiger partial charge in [0.1, 0.15) is 5.69 Å². The van der Waals surface area contributed by atoms with Gasteiger partial charge in [-0.05, 0) is 48.5 Å². The van der Waals surface area contributed by atoms with Gasteiger partial charge in [0.05, 0.1) is 16.7 Å². The van der Waals surface area contributed by atoms with Crippen LogP contribution in [-0.2, 0) is 0 Å². The second-order valence-electron chi connectivity index (χ2n) is 5.95. The van der Waals surface area contributed by atoms with E-state index in [-0.39, 0.29) is 5.84 Å². The van der Waals surface area contributed by atoms with Crippen LogP contribution in [0.1, 0.15) is 26.3 Å². The molecular formula is C21H13BrN2O3. The highest BCUT2D eigenvalue weighted by Crippen LogP contribution is 2.26. The van der Waals surface area contributed by atoms with E-state index in [0.29, 0.717) is 27.1 Å². The lowest BCUT2D eigenvalue weighted by atomic mass is 10.1. The van der Waals surface area contributed by atoms with Crippen LogP contribution in [0.2, 0.25) is 0 Å². The van der Waals surface area contributed by atoms with Crippen LogP contribution in [0.15, 0.2) is 83.3 Å².